The summed E-state index contributed by atoms with van der Waals surface area (Å²) >= 11 is 6.46. The Morgan fingerprint density at radius 1 is 1.43 bits per heavy atom. The van der Waals surface area contributed by atoms with Crippen LogP contribution in [0.1, 0.15) is 31.9 Å². The second kappa shape index (κ2) is 7.83. The number of rotatable bonds is 6. The highest BCUT2D eigenvalue weighted by atomic mass is 35.5. The minimum Gasteiger partial charge on any atom is -0.380 e. The van der Waals surface area contributed by atoms with Crippen molar-refractivity contribution < 1.29 is 4.74 Å². The average molecular weight is 309 g/mol. The molecule has 0 aliphatic carbocycles. The molecule has 2 rings (SSSR count). The van der Waals surface area contributed by atoms with Gasteiger partial charge in [0, 0.05) is 37.0 Å². The zero-order valence-electron chi connectivity index (χ0n) is 13.2. The molecular formula is C17H25ClN2O. The van der Waals surface area contributed by atoms with Crippen LogP contribution in [0.2, 0.25) is 5.02 Å². The Balaban J connectivity index is 2.07. The number of methoxy groups -OCH3 is 1. The molecule has 1 N–H and O–H groups in total. The first-order valence-electron chi connectivity index (χ1n) is 7.60. The normalized spacial score (nSPS) is 16.8. The fourth-order valence-corrected chi connectivity index (χ4v) is 3.08. The lowest BCUT2D eigenvalue weighted by molar-refractivity contribution is 0.222. The van der Waals surface area contributed by atoms with E-state index in [1.54, 1.807) is 7.11 Å². The van der Waals surface area contributed by atoms with E-state index in [2.05, 4.69) is 48.3 Å². The Labute approximate surface area is 132 Å². The van der Waals surface area contributed by atoms with Crippen molar-refractivity contribution in [2.45, 2.75) is 26.3 Å². The molecule has 0 fully saturated rings. The molecule has 0 saturated carbocycles. The van der Waals surface area contributed by atoms with E-state index in [4.69, 9.17) is 16.3 Å². The Bertz CT molecular complexity index is 502. The molecule has 0 spiro atoms. The average Bonchev–Trinajstić information content (AvgIpc) is 2.48. The predicted molar refractivity (Wildman–Crippen MR) is 90.3 cm³/mol. The van der Waals surface area contributed by atoms with Gasteiger partial charge < -0.3 is 15.0 Å². The van der Waals surface area contributed by atoms with Crippen LogP contribution in [0, 0.1) is 0 Å². The summed E-state index contributed by atoms with van der Waals surface area (Å²) in [5.74, 6) is 0. The van der Waals surface area contributed by atoms with Crippen molar-refractivity contribution in [3.63, 3.8) is 0 Å². The first-order valence-corrected chi connectivity index (χ1v) is 7.98. The molecule has 0 radical (unpaired) electrons. The molecule has 0 saturated heterocycles. The maximum Gasteiger partial charge on any atom is 0.0674 e. The molecule has 1 aliphatic rings. The largest absolute Gasteiger partial charge is 0.380 e. The molecule has 4 heteroatoms. The van der Waals surface area contributed by atoms with E-state index in [9.17, 15) is 0 Å². The molecule has 1 unspecified atom stereocenters. The maximum absolute atomic E-state index is 6.46. The zero-order valence-corrected chi connectivity index (χ0v) is 13.9. The molecule has 116 valence electrons. The quantitative estimate of drug-likeness (QED) is 0.809. The van der Waals surface area contributed by atoms with Crippen molar-refractivity contribution in [1.82, 2.24) is 5.32 Å². The minimum atomic E-state index is 0.283. The standard InChI is InChI=1S/C17H25ClN2O/c1-4-19-13(2)16-6-5-15(11-17(16)18)20-9-7-14(8-10-20)12-21-3/h5-7,11,13,19H,4,8-10,12H2,1-3H3. The van der Waals surface area contributed by atoms with Gasteiger partial charge in [-0.05, 0) is 43.2 Å². The van der Waals surface area contributed by atoms with E-state index in [-0.39, 0.29) is 6.04 Å². The summed E-state index contributed by atoms with van der Waals surface area (Å²) in [7, 11) is 1.75. The summed E-state index contributed by atoms with van der Waals surface area (Å²) in [5, 5.41) is 4.24. The van der Waals surface area contributed by atoms with Gasteiger partial charge in [0.1, 0.15) is 0 Å². The highest BCUT2D eigenvalue weighted by Gasteiger charge is 2.15. The minimum absolute atomic E-state index is 0.283. The Hall–Kier alpha value is -1.03. The number of hydrogen-bond acceptors (Lipinski definition) is 3. The van der Waals surface area contributed by atoms with Crippen molar-refractivity contribution in [3.8, 4) is 0 Å². The van der Waals surface area contributed by atoms with Crippen LogP contribution in [0.15, 0.2) is 29.8 Å². The number of hydrogen-bond donors (Lipinski definition) is 1. The Morgan fingerprint density at radius 3 is 2.81 bits per heavy atom. The van der Waals surface area contributed by atoms with E-state index >= 15 is 0 Å². The lowest BCUT2D eigenvalue weighted by atomic mass is 10.1. The van der Waals surface area contributed by atoms with Crippen molar-refractivity contribution in [1.29, 1.82) is 0 Å². The second-order valence-corrected chi connectivity index (χ2v) is 5.88. The highest BCUT2D eigenvalue weighted by molar-refractivity contribution is 6.31. The third-order valence-corrected chi connectivity index (χ3v) is 4.29. The molecular weight excluding hydrogens is 284 g/mol. The Morgan fingerprint density at radius 2 is 2.24 bits per heavy atom. The van der Waals surface area contributed by atoms with Crippen molar-refractivity contribution >= 4 is 17.3 Å². The monoisotopic (exact) mass is 308 g/mol. The fourth-order valence-electron chi connectivity index (χ4n) is 2.74. The fraction of sp³-hybridized carbons (Fsp3) is 0.529. The molecule has 3 nitrogen and oxygen atoms in total. The number of anilines is 1. The van der Waals surface area contributed by atoms with Gasteiger partial charge in [-0.15, -0.1) is 0 Å². The van der Waals surface area contributed by atoms with Gasteiger partial charge in [0.05, 0.1) is 6.61 Å². The SMILES string of the molecule is CCNC(C)c1ccc(N2CC=C(COC)CC2)cc1Cl. The van der Waals surface area contributed by atoms with Crippen LogP contribution in [0.5, 0.6) is 0 Å². The zero-order chi connectivity index (χ0) is 15.2. The van der Waals surface area contributed by atoms with Gasteiger partial charge in [0.25, 0.3) is 0 Å². The van der Waals surface area contributed by atoms with Gasteiger partial charge in [-0.25, -0.2) is 0 Å². The lowest BCUT2D eigenvalue weighted by Crippen LogP contribution is -2.29. The molecule has 0 amide bonds. The van der Waals surface area contributed by atoms with Gasteiger partial charge in [-0.1, -0.05) is 30.7 Å². The van der Waals surface area contributed by atoms with Crippen LogP contribution >= 0.6 is 11.6 Å². The molecule has 21 heavy (non-hydrogen) atoms. The number of benzene rings is 1. The van der Waals surface area contributed by atoms with Crippen LogP contribution < -0.4 is 10.2 Å². The van der Waals surface area contributed by atoms with Gasteiger partial charge in [0.2, 0.25) is 0 Å². The summed E-state index contributed by atoms with van der Waals surface area (Å²) in [4.78, 5) is 2.35. The highest BCUT2D eigenvalue weighted by Crippen LogP contribution is 2.29. The molecule has 1 atom stereocenters. The predicted octanol–water partition coefficient (Wildman–Crippen LogP) is 3.79. The summed E-state index contributed by atoms with van der Waals surface area (Å²) < 4.78 is 5.19. The summed E-state index contributed by atoms with van der Waals surface area (Å²) in [6, 6.07) is 6.68. The number of nitrogens with one attached hydrogen (secondary N) is 1. The van der Waals surface area contributed by atoms with Crippen LogP contribution in [0.4, 0.5) is 5.69 Å². The van der Waals surface area contributed by atoms with E-state index in [0.717, 1.165) is 43.2 Å². The molecule has 1 heterocycles. The molecule has 1 aromatic carbocycles. The van der Waals surface area contributed by atoms with Crippen molar-refractivity contribution in [2.75, 3.05) is 38.3 Å². The van der Waals surface area contributed by atoms with Crippen LogP contribution in [0.25, 0.3) is 0 Å². The van der Waals surface area contributed by atoms with Crippen molar-refractivity contribution in [3.05, 3.63) is 40.4 Å². The summed E-state index contributed by atoms with van der Waals surface area (Å²) in [6.07, 6.45) is 3.32. The number of halogens is 1. The first kappa shape index (κ1) is 16.3. The first-order chi connectivity index (χ1) is 10.2. The summed E-state index contributed by atoms with van der Waals surface area (Å²) in [6.45, 7) is 7.89. The van der Waals surface area contributed by atoms with Crippen LogP contribution in [0.3, 0.4) is 0 Å². The van der Waals surface area contributed by atoms with E-state index in [1.165, 1.54) is 11.3 Å². The molecule has 1 aromatic rings. The molecule has 0 aromatic heterocycles. The molecule has 1 aliphatic heterocycles. The summed E-state index contributed by atoms with van der Waals surface area (Å²) in [5.41, 5.74) is 3.74. The maximum atomic E-state index is 6.46. The lowest BCUT2D eigenvalue weighted by Gasteiger charge is -2.29. The van der Waals surface area contributed by atoms with Crippen LogP contribution in [-0.4, -0.2) is 33.4 Å². The van der Waals surface area contributed by atoms with Gasteiger partial charge in [-0.3, -0.25) is 0 Å². The Kier molecular flexibility index (Phi) is 6.09. The van der Waals surface area contributed by atoms with Gasteiger partial charge in [0.15, 0.2) is 0 Å². The second-order valence-electron chi connectivity index (χ2n) is 5.48. The van der Waals surface area contributed by atoms with E-state index in [1.807, 2.05) is 0 Å². The third kappa shape index (κ3) is 4.22. The third-order valence-electron chi connectivity index (χ3n) is 3.96. The number of ether oxygens (including phenoxy) is 1. The topological polar surface area (TPSA) is 24.5 Å². The smallest absolute Gasteiger partial charge is 0.0674 e. The van der Waals surface area contributed by atoms with Crippen LogP contribution in [-0.2, 0) is 4.74 Å². The number of nitrogens with zero attached hydrogens (tertiary/aromatic N) is 1. The van der Waals surface area contributed by atoms with Crippen molar-refractivity contribution in [2.24, 2.45) is 0 Å². The van der Waals surface area contributed by atoms with E-state index in [0.29, 0.717) is 0 Å². The van der Waals surface area contributed by atoms with Gasteiger partial charge >= 0.3 is 0 Å². The van der Waals surface area contributed by atoms with Gasteiger partial charge in [-0.2, -0.15) is 0 Å². The molecule has 0 bridgehead atoms. The van der Waals surface area contributed by atoms with E-state index < -0.39 is 0 Å².